The Morgan fingerprint density at radius 2 is 2.16 bits per heavy atom. The number of carbonyl (C=O) groups is 1. The van der Waals surface area contributed by atoms with Gasteiger partial charge in [-0.2, -0.15) is 0 Å². The molecule has 3 heterocycles. The van der Waals surface area contributed by atoms with E-state index in [1.54, 1.807) is 0 Å². The second-order valence-corrected chi connectivity index (χ2v) is 7.72. The summed E-state index contributed by atoms with van der Waals surface area (Å²) >= 11 is 0. The number of aromatic nitrogens is 1. The molecular formula is C21H29N3O. The fourth-order valence-electron chi connectivity index (χ4n) is 4.55. The van der Waals surface area contributed by atoms with Gasteiger partial charge in [-0.3, -0.25) is 9.69 Å². The van der Waals surface area contributed by atoms with Crippen molar-refractivity contribution in [2.75, 3.05) is 19.6 Å². The van der Waals surface area contributed by atoms with Gasteiger partial charge in [0.15, 0.2) is 0 Å². The van der Waals surface area contributed by atoms with Crippen LogP contribution in [0, 0.1) is 6.92 Å². The van der Waals surface area contributed by atoms with E-state index in [1.807, 2.05) is 0 Å². The summed E-state index contributed by atoms with van der Waals surface area (Å²) in [6.45, 7) is 7.64. The van der Waals surface area contributed by atoms with Gasteiger partial charge in [-0.05, 0) is 44.9 Å². The fourth-order valence-corrected chi connectivity index (χ4v) is 4.55. The number of hydrogen-bond acceptors (Lipinski definition) is 2. The summed E-state index contributed by atoms with van der Waals surface area (Å²) in [5, 5.41) is 1.29. The number of nitrogens with one attached hydrogen (secondary N) is 1. The number of piperidine rings is 1. The summed E-state index contributed by atoms with van der Waals surface area (Å²) in [6.07, 6.45) is 5.88. The van der Waals surface area contributed by atoms with Gasteiger partial charge >= 0.3 is 0 Å². The molecule has 25 heavy (non-hydrogen) atoms. The molecule has 4 heteroatoms. The summed E-state index contributed by atoms with van der Waals surface area (Å²) in [5.74, 6) is 0.299. The molecule has 0 unspecified atom stereocenters. The topological polar surface area (TPSA) is 39.3 Å². The second-order valence-electron chi connectivity index (χ2n) is 7.72. The normalized spacial score (nSPS) is 21.5. The highest BCUT2D eigenvalue weighted by Crippen LogP contribution is 2.29. The molecule has 2 aromatic rings. The highest BCUT2D eigenvalue weighted by molar-refractivity contribution is 5.87. The van der Waals surface area contributed by atoms with Crippen molar-refractivity contribution in [1.82, 2.24) is 14.8 Å². The first kappa shape index (κ1) is 16.6. The Morgan fingerprint density at radius 1 is 1.28 bits per heavy atom. The van der Waals surface area contributed by atoms with Gasteiger partial charge in [-0.15, -0.1) is 0 Å². The number of carbonyl (C=O) groups excluding carboxylic acids is 1. The second kappa shape index (κ2) is 6.83. The van der Waals surface area contributed by atoms with Crippen LogP contribution in [0.4, 0.5) is 0 Å². The fraction of sp³-hybridized carbons (Fsp3) is 0.571. The molecule has 134 valence electrons. The Hall–Kier alpha value is -1.81. The Labute approximate surface area is 150 Å². The van der Waals surface area contributed by atoms with E-state index in [2.05, 4.69) is 46.8 Å². The van der Waals surface area contributed by atoms with Crippen molar-refractivity contribution in [3.8, 4) is 0 Å². The molecule has 0 radical (unpaired) electrons. The van der Waals surface area contributed by atoms with E-state index in [-0.39, 0.29) is 0 Å². The molecule has 0 saturated carbocycles. The third kappa shape index (κ3) is 3.20. The van der Waals surface area contributed by atoms with Crippen LogP contribution in [-0.2, 0) is 17.8 Å². The lowest BCUT2D eigenvalue weighted by atomic mass is 9.99. The van der Waals surface area contributed by atoms with Crippen LogP contribution in [-0.4, -0.2) is 46.4 Å². The van der Waals surface area contributed by atoms with E-state index in [1.165, 1.54) is 47.0 Å². The lowest BCUT2D eigenvalue weighted by Gasteiger charge is -2.36. The van der Waals surface area contributed by atoms with Crippen molar-refractivity contribution in [2.45, 2.75) is 58.5 Å². The molecule has 1 fully saturated rings. The maximum absolute atomic E-state index is 12.9. The van der Waals surface area contributed by atoms with E-state index in [4.69, 9.17) is 0 Å². The van der Waals surface area contributed by atoms with Gasteiger partial charge in [0, 0.05) is 47.7 Å². The van der Waals surface area contributed by atoms with Crippen molar-refractivity contribution in [3.63, 3.8) is 0 Å². The number of H-pyrrole nitrogens is 1. The third-order valence-corrected chi connectivity index (χ3v) is 6.04. The molecule has 1 amide bonds. The van der Waals surface area contributed by atoms with Gasteiger partial charge in [0.05, 0.1) is 6.54 Å². The van der Waals surface area contributed by atoms with Crippen LogP contribution in [0.2, 0.25) is 0 Å². The van der Waals surface area contributed by atoms with E-state index in [9.17, 15) is 4.79 Å². The van der Waals surface area contributed by atoms with E-state index in [0.717, 1.165) is 32.5 Å². The van der Waals surface area contributed by atoms with Gasteiger partial charge in [0.1, 0.15) is 0 Å². The minimum absolute atomic E-state index is 0.299. The van der Waals surface area contributed by atoms with E-state index in [0.29, 0.717) is 18.5 Å². The van der Waals surface area contributed by atoms with Gasteiger partial charge < -0.3 is 9.88 Å². The smallest absolute Gasteiger partial charge is 0.237 e. The summed E-state index contributed by atoms with van der Waals surface area (Å²) in [6, 6.07) is 7.15. The molecule has 2 aliphatic heterocycles. The Morgan fingerprint density at radius 3 is 3.00 bits per heavy atom. The molecule has 0 bridgehead atoms. The molecule has 1 aromatic heterocycles. The minimum Gasteiger partial charge on any atom is -0.358 e. The van der Waals surface area contributed by atoms with Crippen LogP contribution in [0.3, 0.4) is 0 Å². The molecule has 0 aliphatic carbocycles. The highest BCUT2D eigenvalue weighted by atomic mass is 16.2. The number of benzene rings is 1. The Balaban J connectivity index is 1.50. The van der Waals surface area contributed by atoms with Crippen molar-refractivity contribution >= 4 is 16.8 Å². The largest absolute Gasteiger partial charge is 0.358 e. The minimum atomic E-state index is 0.299. The molecule has 1 N–H and O–H groups in total. The average Bonchev–Trinajstić information content (AvgIpc) is 2.99. The van der Waals surface area contributed by atoms with Gasteiger partial charge in [-0.1, -0.05) is 25.0 Å². The lowest BCUT2D eigenvalue weighted by Crippen LogP contribution is -2.47. The monoisotopic (exact) mass is 339 g/mol. The van der Waals surface area contributed by atoms with Crippen molar-refractivity contribution < 1.29 is 4.79 Å². The zero-order chi connectivity index (χ0) is 17.4. The number of aryl methyl sites for hydroxylation is 1. The van der Waals surface area contributed by atoms with Crippen LogP contribution >= 0.6 is 0 Å². The number of nitrogens with zero attached hydrogens (tertiary/aromatic N) is 2. The Kier molecular flexibility index (Phi) is 4.55. The van der Waals surface area contributed by atoms with Crippen LogP contribution in [0.25, 0.3) is 10.9 Å². The van der Waals surface area contributed by atoms with Crippen LogP contribution in [0.15, 0.2) is 18.2 Å². The van der Waals surface area contributed by atoms with Gasteiger partial charge in [-0.25, -0.2) is 0 Å². The average molecular weight is 339 g/mol. The number of fused-ring (bicyclic) bond motifs is 3. The van der Waals surface area contributed by atoms with Gasteiger partial charge in [0.2, 0.25) is 5.91 Å². The predicted octanol–water partition coefficient (Wildman–Crippen LogP) is 3.63. The summed E-state index contributed by atoms with van der Waals surface area (Å²) in [5.41, 5.74) is 5.11. The first-order valence-corrected chi connectivity index (χ1v) is 9.77. The standard InChI is InChI=1S/C21H29N3O/c1-3-16-6-4-5-10-23(16)14-21(25)24-11-9-20-18(13-24)17-12-15(2)7-8-19(17)22-20/h7-8,12,16,22H,3-6,9-11,13-14H2,1-2H3/t16-/m0/s1. The first-order valence-electron chi connectivity index (χ1n) is 9.77. The number of likely N-dealkylation sites (tertiary alicyclic amines) is 1. The third-order valence-electron chi connectivity index (χ3n) is 6.04. The summed E-state index contributed by atoms with van der Waals surface area (Å²) in [7, 11) is 0. The van der Waals surface area contributed by atoms with Crippen LogP contribution in [0.1, 0.15) is 49.4 Å². The number of amides is 1. The molecule has 1 saturated heterocycles. The molecular weight excluding hydrogens is 310 g/mol. The first-order chi connectivity index (χ1) is 12.2. The van der Waals surface area contributed by atoms with Gasteiger partial charge in [0.25, 0.3) is 0 Å². The van der Waals surface area contributed by atoms with Crippen LogP contribution < -0.4 is 0 Å². The number of rotatable bonds is 3. The van der Waals surface area contributed by atoms with E-state index < -0.39 is 0 Å². The molecule has 1 atom stereocenters. The molecule has 4 rings (SSSR count). The SMILES string of the molecule is CC[C@H]1CCCCN1CC(=O)N1CCc2[nH]c3ccc(C)cc3c2C1. The van der Waals surface area contributed by atoms with E-state index >= 15 is 0 Å². The molecule has 1 aromatic carbocycles. The van der Waals surface area contributed by atoms with Crippen LogP contribution in [0.5, 0.6) is 0 Å². The van der Waals surface area contributed by atoms with Crippen molar-refractivity contribution in [2.24, 2.45) is 0 Å². The van der Waals surface area contributed by atoms with Crippen molar-refractivity contribution in [1.29, 1.82) is 0 Å². The number of hydrogen-bond donors (Lipinski definition) is 1. The van der Waals surface area contributed by atoms with Crippen molar-refractivity contribution in [3.05, 3.63) is 35.0 Å². The maximum atomic E-state index is 12.9. The lowest BCUT2D eigenvalue weighted by molar-refractivity contribution is -0.134. The summed E-state index contributed by atoms with van der Waals surface area (Å²) < 4.78 is 0. The Bertz CT molecular complexity index is 779. The molecule has 0 spiro atoms. The highest BCUT2D eigenvalue weighted by Gasteiger charge is 2.28. The maximum Gasteiger partial charge on any atom is 0.237 e. The zero-order valence-corrected chi connectivity index (χ0v) is 15.5. The quantitative estimate of drug-likeness (QED) is 0.927. The summed E-state index contributed by atoms with van der Waals surface area (Å²) in [4.78, 5) is 21.0. The zero-order valence-electron chi connectivity index (χ0n) is 15.5. The molecule has 2 aliphatic rings. The number of aromatic amines is 1. The predicted molar refractivity (Wildman–Crippen MR) is 102 cm³/mol. The molecule has 4 nitrogen and oxygen atoms in total.